The number of halogens is 1. The lowest BCUT2D eigenvalue weighted by Crippen LogP contribution is -2.76. The van der Waals surface area contributed by atoms with Crippen LogP contribution in [0.5, 0.6) is 0 Å². The molecule has 0 bridgehead atoms. The number of benzene rings is 2. The summed E-state index contributed by atoms with van der Waals surface area (Å²) in [5, 5.41) is 13.7. The third-order valence-corrected chi connectivity index (χ3v) is 8.51. The van der Waals surface area contributed by atoms with E-state index in [-0.39, 0.29) is 31.0 Å². The number of hydrogen-bond donors (Lipinski definition) is 1. The first-order valence-electron chi connectivity index (χ1n) is 13.0. The van der Waals surface area contributed by atoms with Crippen molar-refractivity contribution < 1.29 is 33.6 Å². The molecule has 11 nitrogen and oxygen atoms in total. The predicted molar refractivity (Wildman–Crippen MR) is 153 cm³/mol. The Labute approximate surface area is 246 Å². The number of esters is 2. The lowest BCUT2D eigenvalue weighted by molar-refractivity contribution is -0.384. The van der Waals surface area contributed by atoms with Gasteiger partial charge in [-0.15, -0.1) is 0 Å². The minimum Gasteiger partial charge on any atom is -0.457 e. The number of carbonyl (C=O) groups is 4. The van der Waals surface area contributed by atoms with Gasteiger partial charge in [0.2, 0.25) is 5.91 Å². The van der Waals surface area contributed by atoms with E-state index in [2.05, 4.69) is 5.32 Å². The molecular weight excluding hydrogens is 574 g/mol. The molecule has 41 heavy (non-hydrogen) atoms. The SMILES string of the molecule is CCCC(=O)OC(C(=O)OCc1ccc([N+](=O)[O-])cc1)(N1CCC1NC(=O)CC(=O)c1ccccc1)C(C)(C)SCl. The number of rotatable bonds is 14. The van der Waals surface area contributed by atoms with Crippen LogP contribution in [-0.4, -0.2) is 56.6 Å². The number of nitro groups is 1. The molecule has 13 heteroatoms. The van der Waals surface area contributed by atoms with E-state index in [0.29, 0.717) is 24.0 Å². The summed E-state index contributed by atoms with van der Waals surface area (Å²) in [6.07, 6.45) is -0.262. The Morgan fingerprint density at radius 2 is 1.78 bits per heavy atom. The molecule has 220 valence electrons. The topological polar surface area (TPSA) is 145 Å². The van der Waals surface area contributed by atoms with Gasteiger partial charge < -0.3 is 14.8 Å². The molecule has 1 aliphatic rings. The highest BCUT2D eigenvalue weighted by atomic mass is 35.7. The van der Waals surface area contributed by atoms with Crippen LogP contribution < -0.4 is 5.32 Å². The van der Waals surface area contributed by atoms with Crippen molar-refractivity contribution in [3.63, 3.8) is 0 Å². The number of ether oxygens (including phenoxy) is 2. The van der Waals surface area contributed by atoms with Gasteiger partial charge >= 0.3 is 11.9 Å². The minimum atomic E-state index is -2.05. The van der Waals surface area contributed by atoms with Crippen molar-refractivity contribution in [3.8, 4) is 0 Å². The van der Waals surface area contributed by atoms with E-state index in [1.54, 1.807) is 51.1 Å². The van der Waals surface area contributed by atoms with Crippen molar-refractivity contribution in [2.45, 2.75) is 69.7 Å². The number of carbonyl (C=O) groups excluding carboxylic acids is 4. The van der Waals surface area contributed by atoms with Crippen LogP contribution in [0.15, 0.2) is 54.6 Å². The highest BCUT2D eigenvalue weighted by molar-refractivity contribution is 8.22. The number of non-ortho nitro benzene ring substituents is 1. The zero-order valence-corrected chi connectivity index (χ0v) is 24.5. The maximum absolute atomic E-state index is 13.9. The summed E-state index contributed by atoms with van der Waals surface area (Å²) < 4.78 is 10.3. The molecule has 1 N–H and O–H groups in total. The Balaban J connectivity index is 1.86. The van der Waals surface area contributed by atoms with Crippen LogP contribution in [0.25, 0.3) is 0 Å². The molecule has 3 rings (SSSR count). The summed E-state index contributed by atoms with van der Waals surface area (Å²) in [7, 11) is 7.02. The molecule has 0 saturated carbocycles. The Kier molecular flexibility index (Phi) is 10.9. The molecule has 1 fully saturated rings. The normalized spacial score (nSPS) is 16.5. The van der Waals surface area contributed by atoms with Gasteiger partial charge in [0, 0.05) is 30.7 Å². The molecule has 2 atom stereocenters. The quantitative estimate of drug-likeness (QED) is 0.105. The number of nitro benzene ring substituents is 1. The summed E-state index contributed by atoms with van der Waals surface area (Å²) in [5.74, 6) is -2.50. The van der Waals surface area contributed by atoms with Gasteiger partial charge in [-0.25, -0.2) is 9.69 Å². The molecule has 0 radical (unpaired) electrons. The van der Waals surface area contributed by atoms with Crippen molar-refractivity contribution in [2.75, 3.05) is 6.54 Å². The number of Topliss-reactive ketones (excluding diaryl/α,β-unsaturated/α-hetero) is 1. The van der Waals surface area contributed by atoms with Crippen molar-refractivity contribution in [1.82, 2.24) is 10.2 Å². The lowest BCUT2D eigenvalue weighted by atomic mass is 9.91. The number of ketones is 1. The molecule has 0 spiro atoms. The van der Waals surface area contributed by atoms with Gasteiger partial charge in [-0.2, -0.15) is 0 Å². The van der Waals surface area contributed by atoms with E-state index in [0.717, 1.165) is 11.0 Å². The largest absolute Gasteiger partial charge is 0.457 e. The van der Waals surface area contributed by atoms with Gasteiger partial charge in [0.25, 0.3) is 11.4 Å². The van der Waals surface area contributed by atoms with Gasteiger partial charge in [-0.1, -0.05) is 37.3 Å². The van der Waals surface area contributed by atoms with E-state index < -0.39 is 45.8 Å². The van der Waals surface area contributed by atoms with E-state index in [1.165, 1.54) is 29.2 Å². The maximum Gasteiger partial charge on any atom is 0.368 e. The van der Waals surface area contributed by atoms with Gasteiger partial charge in [-0.3, -0.25) is 24.5 Å². The summed E-state index contributed by atoms with van der Waals surface area (Å²) >= 11 is 0. The van der Waals surface area contributed by atoms with Crippen molar-refractivity contribution in [1.29, 1.82) is 0 Å². The second-order valence-electron chi connectivity index (χ2n) is 9.99. The molecule has 1 saturated heterocycles. The summed E-state index contributed by atoms with van der Waals surface area (Å²) in [4.78, 5) is 64.1. The number of amides is 1. The second-order valence-corrected chi connectivity index (χ2v) is 11.6. The van der Waals surface area contributed by atoms with Crippen molar-refractivity contribution >= 4 is 51.0 Å². The molecule has 0 aromatic heterocycles. The highest BCUT2D eigenvalue weighted by Crippen LogP contribution is 2.47. The van der Waals surface area contributed by atoms with Crippen LogP contribution in [0.4, 0.5) is 5.69 Å². The van der Waals surface area contributed by atoms with Crippen molar-refractivity contribution in [2.24, 2.45) is 0 Å². The molecule has 1 aliphatic heterocycles. The highest BCUT2D eigenvalue weighted by Gasteiger charge is 2.64. The Bertz CT molecular complexity index is 1270. The number of likely N-dealkylation sites (tertiary alicyclic amines) is 1. The molecule has 2 aromatic rings. The molecule has 1 heterocycles. The average molecular weight is 606 g/mol. The lowest BCUT2D eigenvalue weighted by Gasteiger charge is -2.55. The molecule has 2 unspecified atom stereocenters. The molecule has 2 aromatic carbocycles. The maximum atomic E-state index is 13.9. The van der Waals surface area contributed by atoms with Gasteiger partial charge in [0.1, 0.15) is 6.61 Å². The van der Waals surface area contributed by atoms with Crippen molar-refractivity contribution in [3.05, 3.63) is 75.8 Å². The van der Waals surface area contributed by atoms with Crippen LogP contribution in [0.3, 0.4) is 0 Å². The summed E-state index contributed by atoms with van der Waals surface area (Å²) in [6.45, 7) is 5.02. The minimum absolute atomic E-state index is 0.0247. The zero-order valence-electron chi connectivity index (χ0n) is 23.0. The number of nitrogens with zero attached hydrogens (tertiary/aromatic N) is 2. The standard InChI is InChI=1S/C28H32ClN3O8S/c1-4-8-25(35)40-28(27(2,3)41-29,26(36)39-18-19-11-13-21(14-12-19)32(37)38)31-16-15-23(31)30-24(34)17-22(33)20-9-6-5-7-10-20/h5-7,9-14,23H,4,8,15-18H2,1-3H3,(H,30,34). The van der Waals surface area contributed by atoms with E-state index in [9.17, 15) is 29.3 Å². The average Bonchev–Trinajstić information content (AvgIpc) is 2.94. The van der Waals surface area contributed by atoms with Crippen LogP contribution in [0.1, 0.15) is 62.4 Å². The van der Waals surface area contributed by atoms with Gasteiger partial charge in [0.15, 0.2) is 5.78 Å². The second kappa shape index (κ2) is 13.9. The van der Waals surface area contributed by atoms with Gasteiger partial charge in [-0.05, 0) is 66.0 Å². The Morgan fingerprint density at radius 3 is 2.32 bits per heavy atom. The fourth-order valence-electron chi connectivity index (χ4n) is 4.39. The fourth-order valence-corrected chi connectivity index (χ4v) is 5.05. The van der Waals surface area contributed by atoms with E-state index in [4.69, 9.17) is 20.2 Å². The Hall–Kier alpha value is -3.48. The fraction of sp³-hybridized carbons (Fsp3) is 0.429. The van der Waals surface area contributed by atoms with E-state index >= 15 is 0 Å². The first-order valence-corrected chi connectivity index (χ1v) is 14.7. The smallest absolute Gasteiger partial charge is 0.368 e. The monoisotopic (exact) mass is 605 g/mol. The first kappa shape index (κ1) is 32.0. The van der Waals surface area contributed by atoms with Crippen LogP contribution in [-0.2, 0) is 30.5 Å². The third kappa shape index (κ3) is 7.43. The van der Waals surface area contributed by atoms with Crippen LogP contribution in [0.2, 0.25) is 0 Å². The predicted octanol–water partition coefficient (Wildman–Crippen LogP) is 4.76. The zero-order chi connectivity index (χ0) is 30.2. The van der Waals surface area contributed by atoms with Crippen LogP contribution >= 0.6 is 21.7 Å². The summed E-state index contributed by atoms with van der Waals surface area (Å²) in [5.41, 5.74) is -1.30. The number of hydrogen-bond acceptors (Lipinski definition) is 10. The Morgan fingerprint density at radius 1 is 1.12 bits per heavy atom. The first-order chi connectivity index (χ1) is 19.4. The summed E-state index contributed by atoms with van der Waals surface area (Å²) in [6, 6.07) is 13.9. The van der Waals surface area contributed by atoms with E-state index in [1.807, 2.05) is 0 Å². The number of nitrogens with one attached hydrogen (secondary N) is 1. The molecule has 0 aliphatic carbocycles. The molecule has 1 amide bonds. The third-order valence-electron chi connectivity index (χ3n) is 6.69. The van der Waals surface area contributed by atoms with Gasteiger partial charge in [0.05, 0.1) is 22.3 Å². The van der Waals surface area contributed by atoms with Crippen LogP contribution in [0, 0.1) is 10.1 Å². The molecular formula is C28H32ClN3O8S.